The summed E-state index contributed by atoms with van der Waals surface area (Å²) >= 11 is 0. The Kier molecular flexibility index (Phi) is 9.04. The number of anilines is 1. The van der Waals surface area contributed by atoms with E-state index in [-0.39, 0.29) is 11.7 Å². The van der Waals surface area contributed by atoms with Gasteiger partial charge in [-0.1, -0.05) is 45.4 Å². The second-order valence-corrected chi connectivity index (χ2v) is 7.15. The number of ether oxygens (including phenoxy) is 1. The van der Waals surface area contributed by atoms with E-state index >= 15 is 0 Å². The summed E-state index contributed by atoms with van der Waals surface area (Å²) in [5.74, 6) is -0.0768. The van der Waals surface area contributed by atoms with Crippen LogP contribution in [-0.4, -0.2) is 55.7 Å². The number of rotatable bonds is 11. The predicted molar refractivity (Wildman–Crippen MR) is 103 cm³/mol. The van der Waals surface area contributed by atoms with Crippen molar-refractivity contribution in [2.45, 2.75) is 82.8 Å². The number of unbranched alkanes of at least 4 members (excludes halogenated alkanes) is 6. The average molecular weight is 397 g/mol. The molecule has 1 saturated heterocycles. The molecule has 4 atom stereocenters. The average Bonchev–Trinajstić information content (AvgIpc) is 2.95. The first-order valence-corrected chi connectivity index (χ1v) is 9.99. The summed E-state index contributed by atoms with van der Waals surface area (Å²) in [7, 11) is 0. The van der Waals surface area contributed by atoms with E-state index < -0.39 is 36.8 Å². The summed E-state index contributed by atoms with van der Waals surface area (Å²) in [6, 6.07) is 1.43. The summed E-state index contributed by atoms with van der Waals surface area (Å²) < 4.78 is 6.33. The zero-order chi connectivity index (χ0) is 20.5. The molecule has 2 heterocycles. The molecular formula is C19H31N3O6. The second-order valence-electron chi connectivity index (χ2n) is 7.15. The summed E-state index contributed by atoms with van der Waals surface area (Å²) in [5, 5.41) is 31.5. The topological polar surface area (TPSA) is 134 Å². The third kappa shape index (κ3) is 6.10. The Morgan fingerprint density at radius 3 is 2.46 bits per heavy atom. The van der Waals surface area contributed by atoms with E-state index in [9.17, 15) is 19.8 Å². The zero-order valence-corrected chi connectivity index (χ0v) is 16.3. The Bertz CT molecular complexity index is 680. The summed E-state index contributed by atoms with van der Waals surface area (Å²) in [6.45, 7) is 1.69. The van der Waals surface area contributed by atoms with Crippen molar-refractivity contribution in [1.82, 2.24) is 9.55 Å². The molecule has 0 unspecified atom stereocenters. The fraction of sp³-hybridized carbons (Fsp3) is 0.737. The lowest BCUT2D eigenvalue weighted by Gasteiger charge is -2.17. The maximum absolute atomic E-state index is 12.2. The summed E-state index contributed by atoms with van der Waals surface area (Å²) in [5.41, 5.74) is -0.733. The number of amides is 1. The number of nitrogens with zero attached hydrogens (tertiary/aromatic N) is 2. The zero-order valence-electron chi connectivity index (χ0n) is 16.3. The van der Waals surface area contributed by atoms with Crippen LogP contribution in [-0.2, 0) is 9.53 Å². The number of carbonyl (C=O) groups is 1. The van der Waals surface area contributed by atoms with Crippen LogP contribution in [0.2, 0.25) is 0 Å². The maximum Gasteiger partial charge on any atom is 0.351 e. The standard InChI is InChI=1S/C19H31N3O6/c1-2-3-4-5-6-7-8-9-15(24)20-14-10-11-22(19(27)21-14)18-17(26)16(25)13(12-23)28-18/h10-11,13,16-18,23,25-26H,2-9,12H2,1H3,(H,20,21,24,27)/t13-,16-,17-,18-/m1/s1. The van der Waals surface area contributed by atoms with Crippen LogP contribution in [0, 0.1) is 0 Å². The van der Waals surface area contributed by atoms with Gasteiger partial charge in [0.15, 0.2) is 6.23 Å². The van der Waals surface area contributed by atoms with Crippen LogP contribution in [0.3, 0.4) is 0 Å². The lowest BCUT2D eigenvalue weighted by Crippen LogP contribution is -2.36. The van der Waals surface area contributed by atoms with Gasteiger partial charge < -0.3 is 25.4 Å². The van der Waals surface area contributed by atoms with Gasteiger partial charge in [-0.05, 0) is 12.5 Å². The Hall–Kier alpha value is -1.81. The van der Waals surface area contributed by atoms with Crippen molar-refractivity contribution in [3.63, 3.8) is 0 Å². The minimum Gasteiger partial charge on any atom is -0.394 e. The fourth-order valence-electron chi connectivity index (χ4n) is 3.23. The maximum atomic E-state index is 12.2. The van der Waals surface area contributed by atoms with Gasteiger partial charge in [0.1, 0.15) is 24.1 Å². The van der Waals surface area contributed by atoms with E-state index in [1.165, 1.54) is 37.9 Å². The monoisotopic (exact) mass is 397 g/mol. The second kappa shape index (κ2) is 11.3. The number of hydrogen-bond acceptors (Lipinski definition) is 7. The van der Waals surface area contributed by atoms with Crippen LogP contribution in [0.15, 0.2) is 17.1 Å². The summed E-state index contributed by atoms with van der Waals surface area (Å²) in [6.07, 6.45) is 4.70. The molecule has 1 aromatic rings. The third-order valence-corrected chi connectivity index (χ3v) is 4.90. The van der Waals surface area contributed by atoms with Gasteiger partial charge in [0, 0.05) is 12.6 Å². The molecule has 158 valence electrons. The van der Waals surface area contributed by atoms with Gasteiger partial charge in [-0.25, -0.2) is 4.79 Å². The van der Waals surface area contributed by atoms with Gasteiger partial charge >= 0.3 is 5.69 Å². The van der Waals surface area contributed by atoms with Crippen molar-refractivity contribution in [2.24, 2.45) is 0 Å². The molecule has 9 heteroatoms. The predicted octanol–water partition coefficient (Wildman–Crippen LogP) is 0.934. The van der Waals surface area contributed by atoms with Crippen LogP contribution < -0.4 is 11.0 Å². The van der Waals surface area contributed by atoms with E-state index in [1.54, 1.807) is 0 Å². The minimum atomic E-state index is -1.37. The fourth-order valence-corrected chi connectivity index (χ4v) is 3.23. The molecule has 1 amide bonds. The van der Waals surface area contributed by atoms with Crippen molar-refractivity contribution in [3.8, 4) is 0 Å². The molecule has 0 saturated carbocycles. The van der Waals surface area contributed by atoms with Crippen molar-refractivity contribution in [2.75, 3.05) is 11.9 Å². The number of hydrogen-bond donors (Lipinski definition) is 4. The van der Waals surface area contributed by atoms with Crippen LogP contribution in [0.1, 0.15) is 64.5 Å². The molecular weight excluding hydrogens is 366 g/mol. The van der Waals surface area contributed by atoms with Gasteiger partial charge in [0.2, 0.25) is 5.91 Å². The number of aliphatic hydroxyl groups is 3. The number of nitrogens with one attached hydrogen (secondary N) is 1. The highest BCUT2D eigenvalue weighted by atomic mass is 16.6. The van der Waals surface area contributed by atoms with Gasteiger partial charge in [0.05, 0.1) is 6.61 Å². The van der Waals surface area contributed by atoms with E-state index in [4.69, 9.17) is 9.84 Å². The SMILES string of the molecule is CCCCCCCCCC(=O)Nc1ccn([C@@H]2O[C@H](CO)[C@@H](O)[C@H]2O)c(=O)n1. The van der Waals surface area contributed by atoms with Crippen molar-refractivity contribution < 1.29 is 24.9 Å². The van der Waals surface area contributed by atoms with E-state index in [0.717, 1.165) is 23.8 Å². The molecule has 2 rings (SSSR count). The molecule has 1 aromatic heterocycles. The number of aliphatic hydroxyl groups excluding tert-OH is 3. The molecule has 0 aliphatic carbocycles. The molecule has 0 radical (unpaired) electrons. The van der Waals surface area contributed by atoms with Gasteiger partial charge in [-0.2, -0.15) is 4.98 Å². The van der Waals surface area contributed by atoms with Crippen LogP contribution in [0.25, 0.3) is 0 Å². The Labute approximate surface area is 164 Å². The normalized spacial score (nSPS) is 24.4. The first kappa shape index (κ1) is 22.5. The molecule has 0 bridgehead atoms. The van der Waals surface area contributed by atoms with Crippen LogP contribution >= 0.6 is 0 Å². The highest BCUT2D eigenvalue weighted by molar-refractivity contribution is 5.89. The smallest absolute Gasteiger partial charge is 0.351 e. The van der Waals surface area contributed by atoms with Crippen LogP contribution in [0.4, 0.5) is 5.82 Å². The van der Waals surface area contributed by atoms with E-state index in [0.29, 0.717) is 6.42 Å². The molecule has 0 spiro atoms. The summed E-state index contributed by atoms with van der Waals surface area (Å²) in [4.78, 5) is 28.0. The Morgan fingerprint density at radius 2 is 1.86 bits per heavy atom. The minimum absolute atomic E-state index is 0.126. The highest BCUT2D eigenvalue weighted by Crippen LogP contribution is 2.28. The highest BCUT2D eigenvalue weighted by Gasteiger charge is 2.43. The molecule has 9 nitrogen and oxygen atoms in total. The van der Waals surface area contributed by atoms with Gasteiger partial charge in [-0.15, -0.1) is 0 Å². The Morgan fingerprint density at radius 1 is 1.18 bits per heavy atom. The molecule has 4 N–H and O–H groups in total. The molecule has 28 heavy (non-hydrogen) atoms. The largest absolute Gasteiger partial charge is 0.394 e. The molecule has 1 aliphatic heterocycles. The van der Waals surface area contributed by atoms with Crippen molar-refractivity contribution >= 4 is 11.7 Å². The molecule has 1 aliphatic rings. The lowest BCUT2D eigenvalue weighted by molar-refractivity contribution is -0.116. The quantitative estimate of drug-likeness (QED) is 0.408. The molecule has 1 fully saturated rings. The van der Waals surface area contributed by atoms with Crippen LogP contribution in [0.5, 0.6) is 0 Å². The van der Waals surface area contributed by atoms with E-state index in [1.807, 2.05) is 0 Å². The van der Waals surface area contributed by atoms with Crippen molar-refractivity contribution in [1.29, 1.82) is 0 Å². The first-order chi connectivity index (χ1) is 13.5. The van der Waals surface area contributed by atoms with E-state index in [2.05, 4.69) is 17.2 Å². The van der Waals surface area contributed by atoms with Gasteiger partial charge in [0.25, 0.3) is 0 Å². The van der Waals surface area contributed by atoms with Crippen molar-refractivity contribution in [3.05, 3.63) is 22.7 Å². The number of aromatic nitrogens is 2. The first-order valence-electron chi connectivity index (χ1n) is 9.99. The van der Waals surface area contributed by atoms with Gasteiger partial charge in [-0.3, -0.25) is 9.36 Å². The molecule has 0 aromatic carbocycles. The lowest BCUT2D eigenvalue weighted by atomic mass is 10.1. The Balaban J connectivity index is 1.82. The third-order valence-electron chi connectivity index (χ3n) is 4.90. The number of carbonyl (C=O) groups excluding carboxylic acids is 1.